The summed E-state index contributed by atoms with van der Waals surface area (Å²) in [5, 5.41) is 20.4. The fourth-order valence-electron chi connectivity index (χ4n) is 2.53. The van der Waals surface area contributed by atoms with Gasteiger partial charge in [0.1, 0.15) is 35.5 Å². The van der Waals surface area contributed by atoms with Crippen LogP contribution in [0.4, 0.5) is 17.6 Å². The van der Waals surface area contributed by atoms with Gasteiger partial charge in [-0.2, -0.15) is 0 Å². The predicted octanol–water partition coefficient (Wildman–Crippen LogP) is 3.80. The minimum atomic E-state index is -1.53. The third-order valence-electron chi connectivity index (χ3n) is 3.91. The van der Waals surface area contributed by atoms with Crippen molar-refractivity contribution in [3.8, 4) is 0 Å². The van der Waals surface area contributed by atoms with E-state index in [0.717, 1.165) is 42.6 Å². The molecule has 2 unspecified atom stereocenters. The normalized spacial score (nSPS) is 13.5. The van der Waals surface area contributed by atoms with Gasteiger partial charge in [0.05, 0.1) is 5.69 Å². The Hall–Kier alpha value is -2.77. The van der Waals surface area contributed by atoms with Crippen LogP contribution in [-0.2, 0) is 0 Å². The largest absolute Gasteiger partial charge is 0.383 e. The van der Waals surface area contributed by atoms with Gasteiger partial charge in [-0.3, -0.25) is 4.98 Å². The lowest BCUT2D eigenvalue weighted by molar-refractivity contribution is 0.206. The maximum absolute atomic E-state index is 13.8. The summed E-state index contributed by atoms with van der Waals surface area (Å²) in [6.07, 6.45) is -1.86. The van der Waals surface area contributed by atoms with Gasteiger partial charge in [-0.25, -0.2) is 17.6 Å². The zero-order valence-electron chi connectivity index (χ0n) is 13.2. The van der Waals surface area contributed by atoms with E-state index in [1.165, 1.54) is 12.1 Å². The number of aliphatic hydroxyl groups is 2. The number of hydrogen-bond acceptors (Lipinski definition) is 3. The van der Waals surface area contributed by atoms with Gasteiger partial charge in [-0.15, -0.1) is 0 Å². The van der Waals surface area contributed by atoms with E-state index in [9.17, 15) is 27.8 Å². The number of pyridine rings is 1. The Morgan fingerprint density at radius 1 is 0.692 bits per heavy atom. The molecular formula is C19H13F4NO2. The van der Waals surface area contributed by atoms with Crippen molar-refractivity contribution in [2.24, 2.45) is 0 Å². The van der Waals surface area contributed by atoms with E-state index in [4.69, 9.17) is 0 Å². The monoisotopic (exact) mass is 363 g/mol. The molecule has 1 aromatic heterocycles. The molecule has 134 valence electrons. The lowest BCUT2D eigenvalue weighted by atomic mass is 10.0. The summed E-state index contributed by atoms with van der Waals surface area (Å²) in [7, 11) is 0. The first kappa shape index (κ1) is 18.0. The highest BCUT2D eigenvalue weighted by molar-refractivity contribution is 5.33. The van der Waals surface area contributed by atoms with E-state index in [0.29, 0.717) is 0 Å². The SMILES string of the molecule is OC(c1ccc(C(O)c2cc(F)ccc2F)nc1)c1cc(F)ccc1F. The molecule has 3 aromatic rings. The summed E-state index contributed by atoms with van der Waals surface area (Å²) in [6.45, 7) is 0. The van der Waals surface area contributed by atoms with Crippen LogP contribution in [0.25, 0.3) is 0 Å². The number of aliphatic hydroxyl groups excluding tert-OH is 2. The standard InChI is InChI=1S/C19H13F4NO2/c20-11-2-4-15(22)13(7-11)18(25)10-1-6-17(24-9-10)19(26)14-8-12(21)3-5-16(14)23/h1-9,18-19,25-26H. The first-order valence-corrected chi connectivity index (χ1v) is 7.58. The molecule has 0 fully saturated rings. The molecular weight excluding hydrogens is 350 g/mol. The van der Waals surface area contributed by atoms with Crippen LogP contribution in [-0.4, -0.2) is 15.2 Å². The van der Waals surface area contributed by atoms with Gasteiger partial charge >= 0.3 is 0 Å². The molecule has 2 aromatic carbocycles. The molecule has 0 saturated heterocycles. The number of nitrogens with zero attached hydrogens (tertiary/aromatic N) is 1. The average Bonchev–Trinajstić information content (AvgIpc) is 2.64. The van der Waals surface area contributed by atoms with Crippen LogP contribution in [0, 0.1) is 23.3 Å². The maximum atomic E-state index is 13.8. The molecule has 0 aliphatic carbocycles. The minimum Gasteiger partial charge on any atom is -0.383 e. The molecule has 2 atom stereocenters. The Kier molecular flexibility index (Phi) is 5.01. The Labute approximate surface area is 146 Å². The minimum absolute atomic E-state index is 0.00478. The van der Waals surface area contributed by atoms with Crippen LogP contribution in [0.1, 0.15) is 34.6 Å². The van der Waals surface area contributed by atoms with E-state index in [1.807, 2.05) is 0 Å². The van der Waals surface area contributed by atoms with E-state index in [2.05, 4.69) is 4.98 Å². The molecule has 2 N–H and O–H groups in total. The second-order valence-corrected chi connectivity index (χ2v) is 5.65. The summed E-state index contributed by atoms with van der Waals surface area (Å²) < 4.78 is 54.0. The molecule has 7 heteroatoms. The molecule has 1 heterocycles. The van der Waals surface area contributed by atoms with Crippen LogP contribution < -0.4 is 0 Å². The molecule has 0 aliphatic heterocycles. The summed E-state index contributed by atoms with van der Waals surface area (Å²) in [6, 6.07) is 7.97. The Morgan fingerprint density at radius 3 is 1.73 bits per heavy atom. The van der Waals surface area contributed by atoms with Crippen LogP contribution in [0.3, 0.4) is 0 Å². The average molecular weight is 363 g/mol. The molecule has 0 spiro atoms. The highest BCUT2D eigenvalue weighted by Gasteiger charge is 2.20. The smallest absolute Gasteiger partial charge is 0.129 e. The second-order valence-electron chi connectivity index (χ2n) is 5.65. The quantitative estimate of drug-likeness (QED) is 0.694. The Bertz CT molecular complexity index is 855. The number of rotatable bonds is 4. The van der Waals surface area contributed by atoms with E-state index in [1.54, 1.807) is 0 Å². The lowest BCUT2D eigenvalue weighted by Gasteiger charge is -2.15. The number of halogens is 4. The fourth-order valence-corrected chi connectivity index (χ4v) is 2.53. The van der Waals surface area contributed by atoms with E-state index in [-0.39, 0.29) is 22.4 Å². The third kappa shape index (κ3) is 3.58. The Balaban J connectivity index is 1.88. The van der Waals surface area contributed by atoms with Crippen molar-refractivity contribution in [2.45, 2.75) is 12.2 Å². The zero-order valence-corrected chi connectivity index (χ0v) is 13.2. The van der Waals surface area contributed by atoms with Crippen LogP contribution in [0.15, 0.2) is 54.7 Å². The van der Waals surface area contributed by atoms with Gasteiger partial charge in [0.15, 0.2) is 0 Å². The van der Waals surface area contributed by atoms with Crippen molar-refractivity contribution in [1.29, 1.82) is 0 Å². The lowest BCUT2D eigenvalue weighted by Crippen LogP contribution is -2.08. The van der Waals surface area contributed by atoms with E-state index >= 15 is 0 Å². The predicted molar refractivity (Wildman–Crippen MR) is 85.1 cm³/mol. The van der Waals surface area contributed by atoms with Crippen molar-refractivity contribution in [2.75, 3.05) is 0 Å². The van der Waals surface area contributed by atoms with Crippen molar-refractivity contribution >= 4 is 0 Å². The summed E-state index contributed by atoms with van der Waals surface area (Å²) in [5.74, 6) is -3.01. The third-order valence-corrected chi connectivity index (χ3v) is 3.91. The summed E-state index contributed by atoms with van der Waals surface area (Å²) in [5.41, 5.74) is -0.409. The van der Waals surface area contributed by atoms with Crippen molar-refractivity contribution in [1.82, 2.24) is 4.98 Å². The van der Waals surface area contributed by atoms with Gasteiger partial charge in [0, 0.05) is 22.9 Å². The van der Waals surface area contributed by atoms with Crippen LogP contribution in [0.2, 0.25) is 0 Å². The second kappa shape index (κ2) is 7.23. The van der Waals surface area contributed by atoms with Gasteiger partial charge in [-0.1, -0.05) is 6.07 Å². The van der Waals surface area contributed by atoms with Gasteiger partial charge in [-0.05, 0) is 42.5 Å². The molecule has 0 bridgehead atoms. The highest BCUT2D eigenvalue weighted by Crippen LogP contribution is 2.27. The van der Waals surface area contributed by atoms with Gasteiger partial charge in [0.2, 0.25) is 0 Å². The first-order valence-electron chi connectivity index (χ1n) is 7.58. The highest BCUT2D eigenvalue weighted by atomic mass is 19.1. The van der Waals surface area contributed by atoms with Gasteiger partial charge < -0.3 is 10.2 Å². The number of hydrogen-bond donors (Lipinski definition) is 2. The molecule has 3 rings (SSSR count). The van der Waals surface area contributed by atoms with Crippen LogP contribution >= 0.6 is 0 Å². The van der Waals surface area contributed by atoms with Crippen molar-refractivity contribution < 1.29 is 27.8 Å². The van der Waals surface area contributed by atoms with Crippen molar-refractivity contribution in [3.63, 3.8) is 0 Å². The maximum Gasteiger partial charge on any atom is 0.129 e. The summed E-state index contributed by atoms with van der Waals surface area (Å²) in [4.78, 5) is 3.91. The fraction of sp³-hybridized carbons (Fsp3) is 0.105. The molecule has 0 aliphatic rings. The van der Waals surface area contributed by atoms with Crippen LogP contribution in [0.5, 0.6) is 0 Å². The van der Waals surface area contributed by atoms with E-state index < -0.39 is 35.5 Å². The first-order chi connectivity index (χ1) is 12.4. The molecule has 3 nitrogen and oxygen atoms in total. The topological polar surface area (TPSA) is 53.4 Å². The molecule has 0 amide bonds. The number of aromatic nitrogens is 1. The molecule has 26 heavy (non-hydrogen) atoms. The molecule has 0 radical (unpaired) electrons. The van der Waals surface area contributed by atoms with Gasteiger partial charge in [0.25, 0.3) is 0 Å². The Morgan fingerprint density at radius 2 is 1.23 bits per heavy atom. The van der Waals surface area contributed by atoms with Crippen molar-refractivity contribution in [3.05, 3.63) is 100 Å². The summed E-state index contributed by atoms with van der Waals surface area (Å²) >= 11 is 0. The molecule has 0 saturated carbocycles. The number of benzene rings is 2. The zero-order chi connectivity index (χ0) is 18.8.